The molecule has 0 N–H and O–H groups in total. The number of nitrogens with zero attached hydrogens (tertiary/aromatic N) is 1. The smallest absolute Gasteiger partial charge is 0.312 e. The number of ketones is 1. The summed E-state index contributed by atoms with van der Waals surface area (Å²) >= 11 is 1.50. The van der Waals surface area contributed by atoms with Gasteiger partial charge in [0.15, 0.2) is 5.78 Å². The number of hydrogen-bond acceptors (Lipinski definition) is 5. The molecule has 2 heterocycles. The Bertz CT molecular complexity index is 782. The number of carbonyl (C=O) groups is 3. The van der Waals surface area contributed by atoms with Gasteiger partial charge >= 0.3 is 5.97 Å². The van der Waals surface area contributed by atoms with Gasteiger partial charge in [-0.25, -0.2) is 0 Å². The van der Waals surface area contributed by atoms with Crippen molar-refractivity contribution in [1.29, 1.82) is 0 Å². The number of anilines is 1. The van der Waals surface area contributed by atoms with Crippen molar-refractivity contribution in [1.82, 2.24) is 0 Å². The van der Waals surface area contributed by atoms with Gasteiger partial charge in [-0.3, -0.25) is 14.4 Å². The minimum atomic E-state index is -0.619. The number of Topliss-reactive ketones (excluding diaryl/α,β-unsaturated/α-hetero) is 1. The Morgan fingerprint density at radius 1 is 1.24 bits per heavy atom. The number of carbonyl (C=O) groups excluding carboxylic acids is 3. The first-order valence-electron chi connectivity index (χ1n) is 8.05. The lowest BCUT2D eigenvalue weighted by Crippen LogP contribution is -2.31. The predicted molar refractivity (Wildman–Crippen MR) is 95.5 cm³/mol. The zero-order chi connectivity index (χ0) is 18.0. The van der Waals surface area contributed by atoms with E-state index in [2.05, 4.69) is 0 Å². The highest BCUT2D eigenvalue weighted by molar-refractivity contribution is 7.10. The van der Waals surface area contributed by atoms with Crippen molar-refractivity contribution in [2.24, 2.45) is 5.92 Å². The average molecular weight is 357 g/mol. The summed E-state index contributed by atoms with van der Waals surface area (Å²) in [5, 5.41) is 1.92. The monoisotopic (exact) mass is 357 g/mol. The van der Waals surface area contributed by atoms with Crippen molar-refractivity contribution in [3.05, 3.63) is 52.2 Å². The van der Waals surface area contributed by atoms with Gasteiger partial charge in [0.05, 0.1) is 12.0 Å². The number of benzene rings is 1. The molecule has 1 aliphatic rings. The SMILES string of the molecule is CC(=O)COC(=O)C1CC(=O)N(c2ccc(C)cc2)C1c1cccs1. The predicted octanol–water partition coefficient (Wildman–Crippen LogP) is 3.28. The molecule has 6 heteroatoms. The quantitative estimate of drug-likeness (QED) is 0.771. The first-order chi connectivity index (χ1) is 12.0. The molecule has 3 rings (SSSR count). The van der Waals surface area contributed by atoms with Crippen LogP contribution >= 0.6 is 11.3 Å². The fourth-order valence-electron chi connectivity index (χ4n) is 3.02. The minimum absolute atomic E-state index is 0.0766. The molecule has 0 radical (unpaired) electrons. The van der Waals surface area contributed by atoms with Crippen molar-refractivity contribution in [2.75, 3.05) is 11.5 Å². The zero-order valence-corrected chi connectivity index (χ0v) is 14.9. The second-order valence-electron chi connectivity index (χ2n) is 6.18. The maximum absolute atomic E-state index is 12.7. The Morgan fingerprint density at radius 3 is 2.56 bits per heavy atom. The summed E-state index contributed by atoms with van der Waals surface area (Å²) in [6, 6.07) is 11.1. The van der Waals surface area contributed by atoms with Crippen molar-refractivity contribution >= 4 is 34.7 Å². The van der Waals surface area contributed by atoms with E-state index >= 15 is 0 Å². The third-order valence-electron chi connectivity index (χ3n) is 4.19. The van der Waals surface area contributed by atoms with E-state index in [1.54, 1.807) is 4.90 Å². The number of rotatable bonds is 5. The molecular weight excluding hydrogens is 338 g/mol. The Hall–Kier alpha value is -2.47. The maximum Gasteiger partial charge on any atom is 0.312 e. The first-order valence-corrected chi connectivity index (χ1v) is 8.93. The van der Waals surface area contributed by atoms with E-state index in [0.29, 0.717) is 0 Å². The molecule has 2 aromatic rings. The van der Waals surface area contributed by atoms with Gasteiger partial charge in [0.2, 0.25) is 5.91 Å². The van der Waals surface area contributed by atoms with Crippen LogP contribution in [0.2, 0.25) is 0 Å². The molecule has 1 fully saturated rings. The van der Waals surface area contributed by atoms with E-state index in [4.69, 9.17) is 4.74 Å². The highest BCUT2D eigenvalue weighted by Gasteiger charge is 2.46. The van der Waals surface area contributed by atoms with Crippen LogP contribution in [-0.2, 0) is 19.1 Å². The molecule has 0 aliphatic carbocycles. The fourth-order valence-corrected chi connectivity index (χ4v) is 3.90. The van der Waals surface area contributed by atoms with Gasteiger partial charge in [0, 0.05) is 17.0 Å². The molecule has 1 aromatic heterocycles. The van der Waals surface area contributed by atoms with Crippen LogP contribution < -0.4 is 4.90 Å². The molecule has 0 spiro atoms. The maximum atomic E-state index is 12.7. The minimum Gasteiger partial charge on any atom is -0.457 e. The van der Waals surface area contributed by atoms with Crippen LogP contribution in [0.15, 0.2) is 41.8 Å². The summed E-state index contributed by atoms with van der Waals surface area (Å²) in [6.07, 6.45) is 0.0766. The van der Waals surface area contributed by atoms with Crippen molar-refractivity contribution in [2.45, 2.75) is 26.3 Å². The van der Waals surface area contributed by atoms with Crippen molar-refractivity contribution in [3.63, 3.8) is 0 Å². The summed E-state index contributed by atoms with van der Waals surface area (Å²) in [4.78, 5) is 38.9. The van der Waals surface area contributed by atoms with Crippen molar-refractivity contribution in [3.8, 4) is 0 Å². The van der Waals surface area contributed by atoms with Gasteiger partial charge in [0.25, 0.3) is 0 Å². The van der Waals surface area contributed by atoms with Gasteiger partial charge < -0.3 is 9.64 Å². The van der Waals surface area contributed by atoms with Gasteiger partial charge in [0.1, 0.15) is 6.61 Å². The van der Waals surface area contributed by atoms with Gasteiger partial charge in [-0.1, -0.05) is 23.8 Å². The van der Waals surface area contributed by atoms with Crippen LogP contribution in [-0.4, -0.2) is 24.3 Å². The van der Waals surface area contributed by atoms with Crippen LogP contribution in [0.25, 0.3) is 0 Å². The number of aryl methyl sites for hydroxylation is 1. The summed E-state index contributed by atoms with van der Waals surface area (Å²) in [5.41, 5.74) is 1.86. The largest absolute Gasteiger partial charge is 0.457 e. The van der Waals surface area contributed by atoms with Gasteiger partial charge in [-0.15, -0.1) is 11.3 Å². The summed E-state index contributed by atoms with van der Waals surface area (Å²) in [7, 11) is 0. The van der Waals surface area contributed by atoms with Crippen molar-refractivity contribution < 1.29 is 19.1 Å². The number of amides is 1. The molecule has 5 nitrogen and oxygen atoms in total. The zero-order valence-electron chi connectivity index (χ0n) is 14.1. The lowest BCUT2D eigenvalue weighted by molar-refractivity contribution is -0.152. The molecule has 130 valence electrons. The van der Waals surface area contributed by atoms with Crippen LogP contribution in [0.4, 0.5) is 5.69 Å². The Balaban J connectivity index is 1.94. The van der Waals surface area contributed by atoms with E-state index in [1.165, 1.54) is 18.3 Å². The first kappa shape index (κ1) is 17.4. The standard InChI is InChI=1S/C19H19NO4S/c1-12-5-7-14(8-6-12)20-17(22)10-15(19(23)24-11-13(2)21)18(20)16-4-3-9-25-16/h3-9,15,18H,10-11H2,1-2H3. The van der Waals surface area contributed by atoms with Crippen LogP contribution in [0, 0.1) is 12.8 Å². The Kier molecular flexibility index (Phi) is 4.99. The molecule has 2 unspecified atom stereocenters. The van der Waals surface area contributed by atoms with Crippen LogP contribution in [0.1, 0.15) is 29.8 Å². The molecule has 1 aliphatic heterocycles. The molecule has 0 saturated carbocycles. The molecule has 1 amide bonds. The van der Waals surface area contributed by atoms with Gasteiger partial charge in [-0.05, 0) is 37.4 Å². The van der Waals surface area contributed by atoms with Crippen LogP contribution in [0.5, 0.6) is 0 Å². The Labute approximate surface area is 150 Å². The highest BCUT2D eigenvalue weighted by Crippen LogP contribution is 2.43. The number of esters is 1. The lowest BCUT2D eigenvalue weighted by Gasteiger charge is -2.27. The highest BCUT2D eigenvalue weighted by atomic mass is 32.1. The average Bonchev–Trinajstić information content (AvgIpc) is 3.21. The third-order valence-corrected chi connectivity index (χ3v) is 5.13. The molecule has 0 bridgehead atoms. The summed E-state index contributed by atoms with van der Waals surface area (Å²) < 4.78 is 5.10. The van der Waals surface area contributed by atoms with E-state index in [9.17, 15) is 14.4 Å². The number of hydrogen-bond donors (Lipinski definition) is 0. The van der Waals surface area contributed by atoms with E-state index in [0.717, 1.165) is 16.1 Å². The topological polar surface area (TPSA) is 63.7 Å². The van der Waals surface area contributed by atoms with E-state index in [-0.39, 0.29) is 24.7 Å². The lowest BCUT2D eigenvalue weighted by atomic mass is 9.99. The van der Waals surface area contributed by atoms with E-state index < -0.39 is 17.9 Å². The summed E-state index contributed by atoms with van der Waals surface area (Å²) in [5.74, 6) is -1.46. The fraction of sp³-hybridized carbons (Fsp3) is 0.316. The molecule has 2 atom stereocenters. The third kappa shape index (κ3) is 3.64. The Morgan fingerprint density at radius 2 is 1.96 bits per heavy atom. The van der Waals surface area contributed by atoms with Gasteiger partial charge in [-0.2, -0.15) is 0 Å². The molecule has 1 saturated heterocycles. The second kappa shape index (κ2) is 7.19. The second-order valence-corrected chi connectivity index (χ2v) is 7.16. The molecule has 1 aromatic carbocycles. The normalized spacial score (nSPS) is 19.9. The molecular formula is C19H19NO4S. The van der Waals surface area contributed by atoms with E-state index in [1.807, 2.05) is 48.7 Å². The number of ether oxygens (including phenoxy) is 1. The van der Waals surface area contributed by atoms with Crippen LogP contribution in [0.3, 0.4) is 0 Å². The molecule has 25 heavy (non-hydrogen) atoms. The number of thiophene rings is 1. The summed E-state index contributed by atoms with van der Waals surface area (Å²) in [6.45, 7) is 3.09.